The zero-order valence-corrected chi connectivity index (χ0v) is 12.3. The van der Waals surface area contributed by atoms with Gasteiger partial charge in [-0.15, -0.1) is 0 Å². The van der Waals surface area contributed by atoms with E-state index in [4.69, 9.17) is 9.47 Å². The molecule has 0 spiro atoms. The van der Waals surface area contributed by atoms with Gasteiger partial charge in [0.15, 0.2) is 0 Å². The molecule has 7 heteroatoms. The maximum atomic E-state index is 11.9. The first-order chi connectivity index (χ1) is 9.63. The lowest BCUT2D eigenvalue weighted by molar-refractivity contribution is -0.137. The number of rotatable bonds is 8. The number of carbonyl (C=O) groups excluding carboxylic acids is 2. The Morgan fingerprint density at radius 1 is 1.50 bits per heavy atom. The van der Waals surface area contributed by atoms with Crippen molar-refractivity contribution in [2.75, 3.05) is 53.6 Å². The van der Waals surface area contributed by atoms with Crippen molar-refractivity contribution in [1.82, 2.24) is 15.5 Å². The lowest BCUT2D eigenvalue weighted by Gasteiger charge is -2.25. The van der Waals surface area contributed by atoms with Crippen LogP contribution < -0.4 is 10.6 Å². The summed E-state index contributed by atoms with van der Waals surface area (Å²) in [7, 11) is 3.25. The summed E-state index contributed by atoms with van der Waals surface area (Å²) in [6, 6.07) is 0. The second-order valence-corrected chi connectivity index (χ2v) is 4.85. The van der Waals surface area contributed by atoms with E-state index in [0.717, 1.165) is 13.0 Å². The lowest BCUT2D eigenvalue weighted by atomic mass is 10.2. The average molecular weight is 287 g/mol. The standard InChI is InChI=1S/C13H25N3O4/c1-16(10-12(17)15-4-3-6-19-2)13(18)8-11-9-14-5-7-20-11/h11,14H,3-10H2,1-2H3,(H,15,17). The molecule has 1 aliphatic heterocycles. The Hall–Kier alpha value is -1.18. The van der Waals surface area contributed by atoms with Crippen molar-refractivity contribution >= 4 is 11.8 Å². The third-order valence-electron chi connectivity index (χ3n) is 3.06. The quantitative estimate of drug-likeness (QED) is 0.558. The summed E-state index contributed by atoms with van der Waals surface area (Å²) in [6.45, 7) is 3.38. The molecule has 0 aromatic heterocycles. The maximum absolute atomic E-state index is 11.9. The molecule has 0 aromatic rings. The number of nitrogens with one attached hydrogen (secondary N) is 2. The largest absolute Gasteiger partial charge is 0.385 e. The number of ether oxygens (including phenoxy) is 2. The Kier molecular flexibility index (Phi) is 8.17. The predicted molar refractivity (Wildman–Crippen MR) is 74.4 cm³/mol. The van der Waals surface area contributed by atoms with E-state index in [1.807, 2.05) is 0 Å². The number of morpholine rings is 1. The highest BCUT2D eigenvalue weighted by Gasteiger charge is 2.20. The van der Waals surface area contributed by atoms with Crippen LogP contribution in [0, 0.1) is 0 Å². The summed E-state index contributed by atoms with van der Waals surface area (Å²) in [5.74, 6) is -0.231. The molecule has 2 N–H and O–H groups in total. The van der Waals surface area contributed by atoms with Gasteiger partial charge >= 0.3 is 0 Å². The van der Waals surface area contributed by atoms with Gasteiger partial charge in [0.1, 0.15) is 0 Å². The first kappa shape index (κ1) is 16.9. The van der Waals surface area contributed by atoms with Crippen molar-refractivity contribution in [2.24, 2.45) is 0 Å². The zero-order chi connectivity index (χ0) is 14.8. The van der Waals surface area contributed by atoms with E-state index in [1.54, 1.807) is 14.2 Å². The fraction of sp³-hybridized carbons (Fsp3) is 0.846. The first-order valence-electron chi connectivity index (χ1n) is 6.95. The summed E-state index contributed by atoms with van der Waals surface area (Å²) < 4.78 is 10.4. The Morgan fingerprint density at radius 3 is 2.95 bits per heavy atom. The SMILES string of the molecule is COCCCNC(=O)CN(C)C(=O)CC1CNCCO1. The van der Waals surface area contributed by atoms with Gasteiger partial charge in [-0.05, 0) is 6.42 Å². The number of amides is 2. The molecule has 1 saturated heterocycles. The molecule has 7 nitrogen and oxygen atoms in total. The molecular formula is C13H25N3O4. The van der Waals surface area contributed by atoms with E-state index in [2.05, 4.69) is 10.6 Å². The molecule has 1 rings (SSSR count). The molecular weight excluding hydrogens is 262 g/mol. The van der Waals surface area contributed by atoms with Crippen LogP contribution in [0.25, 0.3) is 0 Å². The smallest absolute Gasteiger partial charge is 0.239 e. The van der Waals surface area contributed by atoms with E-state index in [-0.39, 0.29) is 24.5 Å². The highest BCUT2D eigenvalue weighted by Crippen LogP contribution is 2.03. The summed E-state index contributed by atoms with van der Waals surface area (Å²) in [5, 5.41) is 5.92. The molecule has 0 aliphatic carbocycles. The van der Waals surface area contributed by atoms with E-state index in [0.29, 0.717) is 32.7 Å². The van der Waals surface area contributed by atoms with Gasteiger partial charge in [-0.25, -0.2) is 0 Å². The normalized spacial score (nSPS) is 18.6. The van der Waals surface area contributed by atoms with Gasteiger partial charge in [-0.1, -0.05) is 0 Å². The van der Waals surface area contributed by atoms with Gasteiger partial charge < -0.3 is 25.0 Å². The van der Waals surface area contributed by atoms with Crippen LogP contribution in [0.2, 0.25) is 0 Å². The van der Waals surface area contributed by atoms with Crippen molar-refractivity contribution < 1.29 is 19.1 Å². The summed E-state index contributed by atoms with van der Waals surface area (Å²) >= 11 is 0. The molecule has 2 amide bonds. The number of carbonyl (C=O) groups is 2. The van der Waals surface area contributed by atoms with Crippen LogP contribution in [0.3, 0.4) is 0 Å². The number of hydrogen-bond acceptors (Lipinski definition) is 5. The van der Waals surface area contributed by atoms with Crippen molar-refractivity contribution in [1.29, 1.82) is 0 Å². The molecule has 20 heavy (non-hydrogen) atoms. The molecule has 0 saturated carbocycles. The van der Waals surface area contributed by atoms with Crippen LogP contribution in [0.15, 0.2) is 0 Å². The summed E-state index contributed by atoms with van der Waals surface area (Å²) in [4.78, 5) is 25.0. The van der Waals surface area contributed by atoms with E-state index < -0.39 is 0 Å². The molecule has 0 radical (unpaired) electrons. The molecule has 1 fully saturated rings. The minimum absolute atomic E-state index is 0.0754. The lowest BCUT2D eigenvalue weighted by Crippen LogP contribution is -2.44. The van der Waals surface area contributed by atoms with Crippen LogP contribution >= 0.6 is 0 Å². The van der Waals surface area contributed by atoms with Crippen LogP contribution in [0.5, 0.6) is 0 Å². The van der Waals surface area contributed by atoms with Gasteiger partial charge in [0.25, 0.3) is 0 Å². The van der Waals surface area contributed by atoms with Gasteiger partial charge in [0.05, 0.1) is 25.7 Å². The van der Waals surface area contributed by atoms with Crippen LogP contribution in [-0.2, 0) is 19.1 Å². The van der Waals surface area contributed by atoms with Gasteiger partial charge in [-0.2, -0.15) is 0 Å². The second-order valence-electron chi connectivity index (χ2n) is 4.85. The molecule has 1 atom stereocenters. The van der Waals surface area contributed by atoms with Crippen LogP contribution in [-0.4, -0.2) is 76.4 Å². The molecule has 1 aliphatic rings. The van der Waals surface area contributed by atoms with Crippen molar-refractivity contribution in [2.45, 2.75) is 18.9 Å². The summed E-state index contributed by atoms with van der Waals surface area (Å²) in [6.07, 6.45) is 0.977. The van der Waals surface area contributed by atoms with E-state index in [9.17, 15) is 9.59 Å². The number of nitrogens with zero attached hydrogens (tertiary/aromatic N) is 1. The number of likely N-dealkylation sites (N-methyl/N-ethyl adjacent to an activating group) is 1. The van der Waals surface area contributed by atoms with Gasteiger partial charge in [-0.3, -0.25) is 9.59 Å². The highest BCUT2D eigenvalue weighted by atomic mass is 16.5. The minimum atomic E-state index is -0.153. The Labute approximate surface area is 120 Å². The monoisotopic (exact) mass is 287 g/mol. The van der Waals surface area contributed by atoms with Crippen LogP contribution in [0.4, 0.5) is 0 Å². The van der Waals surface area contributed by atoms with Gasteiger partial charge in [0.2, 0.25) is 11.8 Å². The predicted octanol–water partition coefficient (Wildman–Crippen LogP) is -1.02. The topological polar surface area (TPSA) is 79.9 Å². The zero-order valence-electron chi connectivity index (χ0n) is 12.3. The Bertz CT molecular complexity index is 306. The van der Waals surface area contributed by atoms with Crippen molar-refractivity contribution in [3.05, 3.63) is 0 Å². The third-order valence-corrected chi connectivity index (χ3v) is 3.06. The highest BCUT2D eigenvalue weighted by molar-refractivity contribution is 5.84. The third kappa shape index (κ3) is 6.83. The Morgan fingerprint density at radius 2 is 2.30 bits per heavy atom. The molecule has 1 heterocycles. The Balaban J connectivity index is 2.17. The van der Waals surface area contributed by atoms with Crippen molar-refractivity contribution in [3.63, 3.8) is 0 Å². The fourth-order valence-electron chi connectivity index (χ4n) is 1.91. The first-order valence-corrected chi connectivity index (χ1v) is 6.95. The fourth-order valence-corrected chi connectivity index (χ4v) is 1.91. The van der Waals surface area contributed by atoms with Crippen LogP contribution in [0.1, 0.15) is 12.8 Å². The minimum Gasteiger partial charge on any atom is -0.385 e. The van der Waals surface area contributed by atoms with Gasteiger partial charge in [0, 0.05) is 40.4 Å². The second kappa shape index (κ2) is 9.68. The van der Waals surface area contributed by atoms with E-state index in [1.165, 1.54) is 4.90 Å². The molecule has 116 valence electrons. The molecule has 0 bridgehead atoms. The van der Waals surface area contributed by atoms with E-state index >= 15 is 0 Å². The molecule has 0 aromatic carbocycles. The average Bonchev–Trinajstić information content (AvgIpc) is 2.44. The number of methoxy groups -OCH3 is 1. The maximum Gasteiger partial charge on any atom is 0.239 e. The van der Waals surface area contributed by atoms with Crippen molar-refractivity contribution in [3.8, 4) is 0 Å². The summed E-state index contributed by atoms with van der Waals surface area (Å²) in [5.41, 5.74) is 0. The molecule has 1 unspecified atom stereocenters. The number of hydrogen-bond donors (Lipinski definition) is 2.